The third-order valence-corrected chi connectivity index (χ3v) is 4.07. The van der Waals surface area contributed by atoms with Gasteiger partial charge in [-0.15, -0.1) is 10.2 Å². The van der Waals surface area contributed by atoms with Crippen LogP contribution < -0.4 is 5.11 Å². The molecule has 0 aliphatic rings. The highest BCUT2D eigenvalue weighted by Crippen LogP contribution is 2.34. The first-order valence-electron chi connectivity index (χ1n) is 6.02. The number of aryl methyl sites for hydroxylation is 1. The first-order chi connectivity index (χ1) is 10.4. The monoisotopic (exact) mass is 403 g/mol. The summed E-state index contributed by atoms with van der Waals surface area (Å²) in [5.74, 6) is -1.26. The van der Waals surface area contributed by atoms with Gasteiger partial charge in [0.2, 0.25) is 5.89 Å². The molecule has 116 valence electrons. The van der Waals surface area contributed by atoms with Crippen LogP contribution in [-0.4, -0.2) is 21.3 Å². The highest BCUT2D eigenvalue weighted by molar-refractivity contribution is 9.10. The van der Waals surface area contributed by atoms with Gasteiger partial charge in [-0.25, -0.2) is 4.79 Å². The van der Waals surface area contributed by atoms with Crippen LogP contribution in [0, 0.1) is 0 Å². The quantitative estimate of drug-likeness (QED) is 0.602. The van der Waals surface area contributed by atoms with Crippen LogP contribution in [-0.2, 0) is 11.2 Å². The summed E-state index contributed by atoms with van der Waals surface area (Å²) >= 11 is 9.78. The number of hydrogen-bond acceptors (Lipinski definition) is 6. The minimum Gasteiger partial charge on any atom is -0.871 e. The molecular formula is C13H9BrClN2O4S-. The van der Waals surface area contributed by atoms with Gasteiger partial charge in [0.25, 0.3) is 5.22 Å². The van der Waals surface area contributed by atoms with E-state index in [0.717, 1.165) is 11.8 Å². The molecule has 0 saturated carbocycles. The predicted octanol–water partition coefficient (Wildman–Crippen LogP) is 3.34. The lowest BCUT2D eigenvalue weighted by molar-refractivity contribution is -0.268. The molecule has 1 N–H and O–H groups in total. The van der Waals surface area contributed by atoms with E-state index >= 15 is 0 Å². The molecule has 0 saturated heterocycles. The first-order valence-corrected chi connectivity index (χ1v) is 8.00. The number of nitrogens with zero attached hydrogens (tertiary/aromatic N) is 2. The molecule has 0 aliphatic carbocycles. The molecule has 0 amide bonds. The summed E-state index contributed by atoms with van der Waals surface area (Å²) in [7, 11) is 0. The zero-order valence-corrected chi connectivity index (χ0v) is 14.3. The largest absolute Gasteiger partial charge is 0.871 e. The standard InChI is InChI=1S/C13H10BrClN2O4S/c1-2-10-16-17-13(21-10)22-9(12(19)20)4-6-3-7(14)5-8(15)11(6)18/h3-5,18H,2H2,1H3,(H,19,20)/p-1/b9-4-. The number of thioether (sulfide) groups is 1. The summed E-state index contributed by atoms with van der Waals surface area (Å²) in [6.07, 6.45) is 1.77. The second kappa shape index (κ2) is 7.17. The number of hydrogen-bond donors (Lipinski definition) is 1. The maximum absolute atomic E-state index is 11.9. The molecule has 0 radical (unpaired) electrons. The van der Waals surface area contributed by atoms with Crippen molar-refractivity contribution in [2.45, 2.75) is 18.6 Å². The number of carbonyl (C=O) groups is 1. The number of carboxylic acids is 1. The van der Waals surface area contributed by atoms with E-state index in [2.05, 4.69) is 26.1 Å². The number of benzene rings is 1. The van der Waals surface area contributed by atoms with Crippen molar-refractivity contribution in [2.75, 3.05) is 0 Å². The van der Waals surface area contributed by atoms with E-state index in [9.17, 15) is 15.0 Å². The fourth-order valence-corrected chi connectivity index (χ4v) is 2.99. The van der Waals surface area contributed by atoms with E-state index in [1.54, 1.807) is 0 Å². The van der Waals surface area contributed by atoms with Crippen molar-refractivity contribution in [1.82, 2.24) is 10.2 Å². The maximum Gasteiger partial charge on any atom is 0.342 e. The van der Waals surface area contributed by atoms with Gasteiger partial charge in [-0.1, -0.05) is 40.2 Å². The van der Waals surface area contributed by atoms with Crippen molar-refractivity contribution in [1.29, 1.82) is 0 Å². The van der Waals surface area contributed by atoms with Crippen LogP contribution in [0.5, 0.6) is 5.75 Å². The van der Waals surface area contributed by atoms with Crippen LogP contribution in [0.3, 0.4) is 0 Å². The fraction of sp³-hybridized carbons (Fsp3) is 0.154. The van der Waals surface area contributed by atoms with Crippen LogP contribution >= 0.6 is 39.3 Å². The Labute approximate surface area is 143 Å². The molecule has 1 aromatic carbocycles. The van der Waals surface area contributed by atoms with Gasteiger partial charge in [0, 0.05) is 15.9 Å². The molecule has 0 aliphatic heterocycles. The topological polar surface area (TPSA) is 99.3 Å². The highest BCUT2D eigenvalue weighted by atomic mass is 79.9. The molecular weight excluding hydrogens is 396 g/mol. The van der Waals surface area contributed by atoms with Gasteiger partial charge in [-0.05, 0) is 35.5 Å². The summed E-state index contributed by atoms with van der Waals surface area (Å²) in [5, 5.41) is 28.8. The van der Waals surface area contributed by atoms with Gasteiger partial charge in [-0.2, -0.15) is 0 Å². The van der Waals surface area contributed by atoms with Crippen molar-refractivity contribution < 1.29 is 19.4 Å². The van der Waals surface area contributed by atoms with Gasteiger partial charge in [0.05, 0.1) is 0 Å². The molecule has 1 heterocycles. The van der Waals surface area contributed by atoms with Crippen LogP contribution in [0.25, 0.3) is 6.08 Å². The van der Waals surface area contributed by atoms with Crippen LogP contribution in [0.4, 0.5) is 0 Å². The number of rotatable bonds is 5. The Balaban J connectivity index is 2.37. The molecule has 0 fully saturated rings. The van der Waals surface area contributed by atoms with Crippen LogP contribution in [0.15, 0.2) is 31.2 Å². The van der Waals surface area contributed by atoms with Gasteiger partial charge >= 0.3 is 5.97 Å². The van der Waals surface area contributed by atoms with Gasteiger partial charge in [0.1, 0.15) is 4.91 Å². The Morgan fingerprint density at radius 3 is 2.86 bits per heavy atom. The fourth-order valence-electron chi connectivity index (χ4n) is 1.48. The SMILES string of the molecule is CCc1nnc(S/C(=C\c2cc(Br)cc(Cl)c2[O-])C(=O)O)o1. The van der Waals surface area contributed by atoms with Gasteiger partial charge < -0.3 is 14.6 Å². The van der Waals surface area contributed by atoms with Crippen LogP contribution in [0.1, 0.15) is 18.4 Å². The molecule has 9 heteroatoms. The zero-order chi connectivity index (χ0) is 16.3. The minimum atomic E-state index is -1.21. The highest BCUT2D eigenvalue weighted by Gasteiger charge is 2.15. The Bertz CT molecular complexity index is 748. The minimum absolute atomic E-state index is 0.00132. The third-order valence-electron chi connectivity index (χ3n) is 2.48. The van der Waals surface area contributed by atoms with Crippen molar-refractivity contribution in [3.05, 3.63) is 38.0 Å². The second-order valence-electron chi connectivity index (χ2n) is 4.04. The molecule has 1 aromatic heterocycles. The molecule has 0 bridgehead atoms. The molecule has 2 aromatic rings. The van der Waals surface area contributed by atoms with E-state index in [4.69, 9.17) is 16.0 Å². The zero-order valence-electron chi connectivity index (χ0n) is 11.2. The number of halogens is 2. The normalized spacial score (nSPS) is 11.7. The van der Waals surface area contributed by atoms with E-state index in [0.29, 0.717) is 16.8 Å². The molecule has 0 unspecified atom stereocenters. The Kier molecular flexibility index (Phi) is 5.49. The summed E-state index contributed by atoms with van der Waals surface area (Å²) < 4.78 is 5.83. The van der Waals surface area contributed by atoms with Crippen molar-refractivity contribution in [3.8, 4) is 5.75 Å². The Morgan fingerprint density at radius 2 is 2.27 bits per heavy atom. The average Bonchev–Trinajstić information content (AvgIpc) is 2.91. The van der Waals surface area contributed by atoms with E-state index in [1.165, 1.54) is 18.2 Å². The lowest BCUT2D eigenvalue weighted by Crippen LogP contribution is -1.99. The second-order valence-corrected chi connectivity index (χ2v) is 6.35. The molecule has 0 spiro atoms. The van der Waals surface area contributed by atoms with E-state index < -0.39 is 11.7 Å². The average molecular weight is 405 g/mol. The summed E-state index contributed by atoms with van der Waals surface area (Å²) in [6.45, 7) is 1.84. The van der Waals surface area contributed by atoms with Gasteiger partial charge in [-0.3, -0.25) is 0 Å². The number of aliphatic carboxylic acids is 1. The van der Waals surface area contributed by atoms with E-state index in [1.807, 2.05) is 6.92 Å². The molecule has 22 heavy (non-hydrogen) atoms. The van der Waals surface area contributed by atoms with E-state index in [-0.39, 0.29) is 20.7 Å². The first kappa shape index (κ1) is 16.9. The van der Waals surface area contributed by atoms with Gasteiger partial charge in [0.15, 0.2) is 0 Å². The number of aromatic nitrogens is 2. The Morgan fingerprint density at radius 1 is 1.55 bits per heavy atom. The summed E-state index contributed by atoms with van der Waals surface area (Å²) in [6, 6.07) is 2.93. The smallest absolute Gasteiger partial charge is 0.342 e. The lowest BCUT2D eigenvalue weighted by atomic mass is 10.2. The molecule has 6 nitrogen and oxygen atoms in total. The van der Waals surface area contributed by atoms with Crippen molar-refractivity contribution in [2.24, 2.45) is 0 Å². The maximum atomic E-state index is 11.9. The third kappa shape index (κ3) is 4.02. The molecule has 0 atom stereocenters. The van der Waals surface area contributed by atoms with Crippen molar-refractivity contribution in [3.63, 3.8) is 0 Å². The number of carboxylic acid groups (broad SMARTS) is 1. The summed E-state index contributed by atoms with van der Waals surface area (Å²) in [4.78, 5) is 11.2. The van der Waals surface area contributed by atoms with Crippen LogP contribution in [0.2, 0.25) is 5.02 Å². The van der Waals surface area contributed by atoms with Crippen molar-refractivity contribution >= 4 is 51.3 Å². The predicted molar refractivity (Wildman–Crippen MR) is 83.7 cm³/mol. The Hall–Kier alpha value is -1.51. The lowest BCUT2D eigenvalue weighted by Gasteiger charge is -2.13. The summed E-state index contributed by atoms with van der Waals surface area (Å²) in [5.41, 5.74) is 0.152. The molecule has 2 rings (SSSR count).